The quantitative estimate of drug-likeness (QED) is 0.843. The number of rotatable bonds is 4. The molecule has 6 heteroatoms. The number of carboxylic acid groups (broad SMARTS) is 1. The molecular formula is C15H14ClFN2O2. The molecule has 2 rings (SSSR count). The molecule has 0 saturated carbocycles. The first-order valence-electron chi connectivity index (χ1n) is 6.27. The molecule has 21 heavy (non-hydrogen) atoms. The number of nitrogens with one attached hydrogen (secondary N) is 1. The number of aromatic nitrogens is 1. The molecule has 0 amide bonds. The van der Waals surface area contributed by atoms with Crippen molar-refractivity contribution >= 4 is 23.4 Å². The number of carboxylic acids is 1. The number of benzene rings is 1. The summed E-state index contributed by atoms with van der Waals surface area (Å²) >= 11 is 5.78. The van der Waals surface area contributed by atoms with Crippen LogP contribution in [0.5, 0.6) is 0 Å². The zero-order valence-corrected chi connectivity index (χ0v) is 12.3. The van der Waals surface area contributed by atoms with E-state index in [1.165, 1.54) is 12.1 Å². The van der Waals surface area contributed by atoms with Gasteiger partial charge in [-0.05, 0) is 42.7 Å². The van der Waals surface area contributed by atoms with Crippen molar-refractivity contribution in [1.82, 2.24) is 4.98 Å². The Kier molecular flexibility index (Phi) is 4.43. The molecule has 2 N–H and O–H groups in total. The summed E-state index contributed by atoms with van der Waals surface area (Å²) in [5.74, 6) is -0.928. The number of hydrogen-bond acceptors (Lipinski definition) is 3. The summed E-state index contributed by atoms with van der Waals surface area (Å²) in [5.41, 5.74) is 2.07. The van der Waals surface area contributed by atoms with Crippen molar-refractivity contribution in [2.45, 2.75) is 20.4 Å². The molecule has 1 aromatic heterocycles. The summed E-state index contributed by atoms with van der Waals surface area (Å²) in [6.45, 7) is 3.80. The van der Waals surface area contributed by atoms with Crippen molar-refractivity contribution in [2.75, 3.05) is 5.32 Å². The summed E-state index contributed by atoms with van der Waals surface area (Å²) in [4.78, 5) is 15.0. The van der Waals surface area contributed by atoms with E-state index in [9.17, 15) is 9.18 Å². The van der Waals surface area contributed by atoms with Gasteiger partial charge in [-0.15, -0.1) is 0 Å². The van der Waals surface area contributed by atoms with Crippen LogP contribution in [0, 0.1) is 19.7 Å². The molecule has 0 aliphatic carbocycles. The van der Waals surface area contributed by atoms with E-state index >= 15 is 0 Å². The normalized spacial score (nSPS) is 10.5. The highest BCUT2D eigenvalue weighted by Gasteiger charge is 2.08. The smallest absolute Gasteiger partial charge is 0.335 e. The van der Waals surface area contributed by atoms with Crippen molar-refractivity contribution in [3.05, 3.63) is 57.5 Å². The van der Waals surface area contributed by atoms with E-state index in [0.29, 0.717) is 23.5 Å². The van der Waals surface area contributed by atoms with E-state index in [1.807, 2.05) is 0 Å². The van der Waals surface area contributed by atoms with Crippen molar-refractivity contribution in [2.24, 2.45) is 0 Å². The van der Waals surface area contributed by atoms with Crippen molar-refractivity contribution in [3.63, 3.8) is 0 Å². The third-order valence-corrected chi connectivity index (χ3v) is 3.20. The van der Waals surface area contributed by atoms with Gasteiger partial charge in [0.05, 0.1) is 5.56 Å². The largest absolute Gasteiger partial charge is 0.478 e. The van der Waals surface area contributed by atoms with Crippen LogP contribution in [0.3, 0.4) is 0 Å². The molecule has 0 fully saturated rings. The average Bonchev–Trinajstić information content (AvgIpc) is 2.41. The predicted octanol–water partition coefficient (Wildman–Crippen LogP) is 3.80. The number of aromatic carboxylic acids is 1. The molecule has 1 aromatic carbocycles. The van der Waals surface area contributed by atoms with Gasteiger partial charge in [0.2, 0.25) is 0 Å². The molecule has 0 aliphatic heterocycles. The minimum Gasteiger partial charge on any atom is -0.478 e. The minimum absolute atomic E-state index is 0.0592. The Balaban J connectivity index is 2.18. The zero-order chi connectivity index (χ0) is 15.6. The van der Waals surface area contributed by atoms with Crippen LogP contribution in [0.4, 0.5) is 10.2 Å². The molecule has 0 atom stereocenters. The van der Waals surface area contributed by atoms with Crippen LogP contribution in [0.15, 0.2) is 24.3 Å². The minimum atomic E-state index is -1.07. The Hall–Kier alpha value is -2.14. The molecule has 4 nitrogen and oxygen atoms in total. The Labute approximate surface area is 126 Å². The highest BCUT2D eigenvalue weighted by Crippen LogP contribution is 2.18. The topological polar surface area (TPSA) is 62.2 Å². The van der Waals surface area contributed by atoms with E-state index in [2.05, 4.69) is 10.3 Å². The highest BCUT2D eigenvalue weighted by atomic mass is 35.5. The van der Waals surface area contributed by atoms with E-state index in [-0.39, 0.29) is 16.5 Å². The number of halogens is 2. The van der Waals surface area contributed by atoms with Gasteiger partial charge < -0.3 is 10.4 Å². The summed E-state index contributed by atoms with van der Waals surface area (Å²) in [6, 6.07) is 6.15. The summed E-state index contributed by atoms with van der Waals surface area (Å²) in [7, 11) is 0. The Bertz CT molecular complexity index is 681. The van der Waals surface area contributed by atoms with Crippen molar-refractivity contribution in [1.29, 1.82) is 0 Å². The lowest BCUT2D eigenvalue weighted by molar-refractivity contribution is 0.0697. The predicted molar refractivity (Wildman–Crippen MR) is 79.4 cm³/mol. The second-order valence-electron chi connectivity index (χ2n) is 4.77. The third kappa shape index (κ3) is 3.70. The first-order chi connectivity index (χ1) is 9.86. The van der Waals surface area contributed by atoms with Gasteiger partial charge in [0.15, 0.2) is 0 Å². The van der Waals surface area contributed by atoms with Gasteiger partial charge >= 0.3 is 5.97 Å². The summed E-state index contributed by atoms with van der Waals surface area (Å²) in [6.07, 6.45) is 0. The summed E-state index contributed by atoms with van der Waals surface area (Å²) in [5, 5.41) is 12.1. The fraction of sp³-hybridized carbons (Fsp3) is 0.200. The van der Waals surface area contributed by atoms with Crippen LogP contribution in [-0.2, 0) is 6.54 Å². The van der Waals surface area contributed by atoms with Crippen LogP contribution in [0.2, 0.25) is 5.15 Å². The maximum atomic E-state index is 13.6. The number of aryl methyl sites for hydroxylation is 2. The molecule has 110 valence electrons. The molecular weight excluding hydrogens is 295 g/mol. The maximum Gasteiger partial charge on any atom is 0.335 e. The number of anilines is 1. The van der Waals surface area contributed by atoms with E-state index in [4.69, 9.17) is 16.7 Å². The fourth-order valence-corrected chi connectivity index (χ4v) is 2.25. The van der Waals surface area contributed by atoms with Gasteiger partial charge in [-0.1, -0.05) is 23.7 Å². The molecule has 0 spiro atoms. The van der Waals surface area contributed by atoms with Crippen LogP contribution >= 0.6 is 11.6 Å². The highest BCUT2D eigenvalue weighted by molar-refractivity contribution is 6.29. The van der Waals surface area contributed by atoms with Gasteiger partial charge in [0.25, 0.3) is 0 Å². The van der Waals surface area contributed by atoms with E-state index < -0.39 is 5.97 Å². The van der Waals surface area contributed by atoms with Crippen LogP contribution in [-0.4, -0.2) is 16.1 Å². The van der Waals surface area contributed by atoms with Crippen LogP contribution < -0.4 is 5.32 Å². The number of nitrogens with zero attached hydrogens (tertiary/aromatic N) is 1. The molecule has 0 radical (unpaired) electrons. The number of pyridine rings is 1. The van der Waals surface area contributed by atoms with Crippen molar-refractivity contribution < 1.29 is 14.3 Å². The van der Waals surface area contributed by atoms with Gasteiger partial charge in [-0.3, -0.25) is 0 Å². The van der Waals surface area contributed by atoms with Gasteiger partial charge in [-0.2, -0.15) is 0 Å². The number of hydrogen-bond donors (Lipinski definition) is 2. The molecule has 1 heterocycles. The maximum absolute atomic E-state index is 13.6. The third-order valence-electron chi connectivity index (χ3n) is 3.01. The first kappa shape index (κ1) is 15.3. The van der Waals surface area contributed by atoms with Gasteiger partial charge in [0, 0.05) is 6.54 Å². The zero-order valence-electron chi connectivity index (χ0n) is 11.6. The lowest BCUT2D eigenvalue weighted by atomic mass is 10.1. The molecule has 0 bridgehead atoms. The van der Waals surface area contributed by atoms with E-state index in [1.54, 1.807) is 26.0 Å². The second-order valence-corrected chi connectivity index (χ2v) is 5.15. The van der Waals surface area contributed by atoms with Gasteiger partial charge in [-0.25, -0.2) is 14.2 Å². The monoisotopic (exact) mass is 308 g/mol. The Morgan fingerprint density at radius 1 is 1.29 bits per heavy atom. The average molecular weight is 309 g/mol. The SMILES string of the molecule is Cc1cc(CNc2cc(C(=O)O)cc(Cl)n2)cc(C)c1F. The lowest BCUT2D eigenvalue weighted by Crippen LogP contribution is -2.05. The Morgan fingerprint density at radius 2 is 1.90 bits per heavy atom. The molecule has 0 saturated heterocycles. The number of carbonyl (C=O) groups is 1. The summed E-state index contributed by atoms with van der Waals surface area (Å²) < 4.78 is 13.6. The molecule has 0 aliphatic rings. The van der Waals surface area contributed by atoms with E-state index in [0.717, 1.165) is 5.56 Å². The molecule has 0 unspecified atom stereocenters. The molecule has 2 aromatic rings. The van der Waals surface area contributed by atoms with Crippen molar-refractivity contribution in [3.8, 4) is 0 Å². The Morgan fingerprint density at radius 3 is 2.48 bits per heavy atom. The first-order valence-corrected chi connectivity index (χ1v) is 6.65. The standard InChI is InChI=1S/C15H14ClFN2O2/c1-8-3-10(4-9(2)14(8)17)7-18-13-6-11(15(20)21)5-12(16)19-13/h3-6H,7H2,1-2H3,(H,18,19)(H,20,21). The second kappa shape index (κ2) is 6.10. The lowest BCUT2D eigenvalue weighted by Gasteiger charge is -2.10. The van der Waals surface area contributed by atoms with Crippen LogP contribution in [0.25, 0.3) is 0 Å². The van der Waals surface area contributed by atoms with Gasteiger partial charge in [0.1, 0.15) is 16.8 Å². The van der Waals surface area contributed by atoms with Crippen LogP contribution in [0.1, 0.15) is 27.0 Å². The fourth-order valence-electron chi connectivity index (χ4n) is 2.04.